The number of hydrogen-bond acceptors (Lipinski definition) is 2. The van der Waals surface area contributed by atoms with Crippen LogP contribution in [-0.4, -0.2) is 47.6 Å². The average Bonchev–Trinajstić information content (AvgIpc) is 3.05. The van der Waals surface area contributed by atoms with Gasteiger partial charge in [-0.15, -0.1) is 0 Å². The van der Waals surface area contributed by atoms with E-state index in [0.717, 1.165) is 23.4 Å². The number of likely N-dealkylation sites (tertiary alicyclic amines) is 2. The number of amides is 1. The van der Waals surface area contributed by atoms with Gasteiger partial charge in [-0.05, 0) is 31.4 Å². The third kappa shape index (κ3) is 2.72. The van der Waals surface area contributed by atoms with Crippen molar-refractivity contribution in [2.75, 3.05) is 19.6 Å². The Hall–Kier alpha value is -1.56. The number of halogens is 3. The Labute approximate surface area is 127 Å². The van der Waals surface area contributed by atoms with E-state index in [9.17, 15) is 18.0 Å². The molecule has 0 radical (unpaired) electrons. The van der Waals surface area contributed by atoms with E-state index in [4.69, 9.17) is 0 Å². The van der Waals surface area contributed by atoms with Crippen LogP contribution >= 0.6 is 0 Å². The van der Waals surface area contributed by atoms with Crippen molar-refractivity contribution in [2.45, 2.75) is 31.6 Å². The summed E-state index contributed by atoms with van der Waals surface area (Å²) in [7, 11) is 0. The summed E-state index contributed by atoms with van der Waals surface area (Å²) in [6.07, 6.45) is -3.92. The summed E-state index contributed by atoms with van der Waals surface area (Å²) in [6.45, 7) is 3.35. The van der Waals surface area contributed by atoms with Crippen molar-refractivity contribution in [1.29, 1.82) is 0 Å². The Bertz CT molecular complexity index is 546. The summed E-state index contributed by atoms with van der Waals surface area (Å²) in [5.41, 5.74) is 1.16. The van der Waals surface area contributed by atoms with E-state index >= 15 is 0 Å². The molecule has 22 heavy (non-hydrogen) atoms. The molecule has 3 nitrogen and oxygen atoms in total. The maximum Gasteiger partial charge on any atom is 0.471 e. The van der Waals surface area contributed by atoms with Gasteiger partial charge in [-0.1, -0.05) is 30.3 Å². The standard InChI is InChI=1S/C16H19F3N2O/c1-11(12-5-3-2-4-6-12)21-8-7-13-9-20(10-14(13)21)15(22)16(17,18)19/h2-6,11,13-14H,7-10H2,1H3/t11-,13-,14+/m1/s1. The molecule has 0 aromatic heterocycles. The summed E-state index contributed by atoms with van der Waals surface area (Å²) in [4.78, 5) is 14.6. The highest BCUT2D eigenvalue weighted by Gasteiger charge is 2.50. The fourth-order valence-electron chi connectivity index (χ4n) is 3.74. The number of alkyl halides is 3. The third-order valence-electron chi connectivity index (χ3n) is 4.90. The largest absolute Gasteiger partial charge is 0.471 e. The Kier molecular flexibility index (Phi) is 3.89. The second-order valence-corrected chi connectivity index (χ2v) is 6.15. The van der Waals surface area contributed by atoms with Crippen molar-refractivity contribution in [3.8, 4) is 0 Å². The van der Waals surface area contributed by atoms with Gasteiger partial charge in [-0.3, -0.25) is 9.69 Å². The summed E-state index contributed by atoms with van der Waals surface area (Å²) in [5.74, 6) is -1.55. The van der Waals surface area contributed by atoms with Gasteiger partial charge in [0.1, 0.15) is 0 Å². The number of carbonyl (C=O) groups is 1. The van der Waals surface area contributed by atoms with Crippen LogP contribution in [0.5, 0.6) is 0 Å². The highest BCUT2D eigenvalue weighted by molar-refractivity contribution is 5.82. The van der Waals surface area contributed by atoms with Crippen LogP contribution in [0.15, 0.2) is 30.3 Å². The number of benzene rings is 1. The predicted molar refractivity (Wildman–Crippen MR) is 76.1 cm³/mol. The van der Waals surface area contributed by atoms with E-state index in [-0.39, 0.29) is 31.1 Å². The number of rotatable bonds is 2. The Morgan fingerprint density at radius 3 is 2.55 bits per heavy atom. The number of fused-ring (bicyclic) bond motifs is 1. The van der Waals surface area contributed by atoms with Crippen molar-refractivity contribution in [1.82, 2.24) is 9.80 Å². The molecule has 0 bridgehead atoms. The molecular weight excluding hydrogens is 293 g/mol. The lowest BCUT2D eigenvalue weighted by Crippen LogP contribution is -2.43. The van der Waals surface area contributed by atoms with Crippen LogP contribution in [-0.2, 0) is 4.79 Å². The molecule has 2 aliphatic rings. The Morgan fingerprint density at radius 1 is 1.23 bits per heavy atom. The van der Waals surface area contributed by atoms with Crippen molar-refractivity contribution >= 4 is 5.91 Å². The van der Waals surface area contributed by atoms with E-state index in [0.29, 0.717) is 0 Å². The molecule has 0 aliphatic carbocycles. The minimum Gasteiger partial charge on any atom is -0.333 e. The van der Waals surface area contributed by atoms with Crippen LogP contribution in [0.4, 0.5) is 13.2 Å². The van der Waals surface area contributed by atoms with Crippen molar-refractivity contribution < 1.29 is 18.0 Å². The SMILES string of the molecule is C[C@H](c1ccccc1)N1CC[C@@H]2CN(C(=O)C(F)(F)F)C[C@@H]21. The molecule has 120 valence electrons. The minimum atomic E-state index is -4.77. The maximum absolute atomic E-state index is 12.6. The summed E-state index contributed by atoms with van der Waals surface area (Å²) in [5, 5.41) is 0. The molecular formula is C16H19F3N2O. The lowest BCUT2D eigenvalue weighted by Gasteiger charge is -2.31. The fourth-order valence-corrected chi connectivity index (χ4v) is 3.74. The summed E-state index contributed by atoms with van der Waals surface area (Å²) in [6, 6.07) is 10.1. The van der Waals surface area contributed by atoms with Crippen molar-refractivity contribution in [2.24, 2.45) is 5.92 Å². The zero-order valence-electron chi connectivity index (χ0n) is 12.4. The first kappa shape index (κ1) is 15.3. The molecule has 0 N–H and O–H groups in total. The van der Waals surface area contributed by atoms with Crippen LogP contribution in [0.2, 0.25) is 0 Å². The molecule has 3 atom stereocenters. The van der Waals surface area contributed by atoms with Crippen molar-refractivity contribution in [3.05, 3.63) is 35.9 Å². The number of nitrogens with zero attached hydrogens (tertiary/aromatic N) is 2. The maximum atomic E-state index is 12.6. The predicted octanol–water partition coefficient (Wildman–Crippen LogP) is 2.84. The van der Waals surface area contributed by atoms with Gasteiger partial charge in [0, 0.05) is 25.2 Å². The molecule has 1 aromatic rings. The number of hydrogen-bond donors (Lipinski definition) is 0. The van der Waals surface area contributed by atoms with Crippen LogP contribution in [0.3, 0.4) is 0 Å². The molecule has 0 spiro atoms. The summed E-state index contributed by atoms with van der Waals surface area (Å²) < 4.78 is 37.8. The molecule has 3 rings (SSSR count). The fraction of sp³-hybridized carbons (Fsp3) is 0.562. The van der Waals surface area contributed by atoms with Gasteiger partial charge in [-0.25, -0.2) is 0 Å². The normalized spacial score (nSPS) is 27.0. The van der Waals surface area contributed by atoms with Gasteiger partial charge in [0.15, 0.2) is 0 Å². The van der Waals surface area contributed by atoms with E-state index in [1.807, 2.05) is 30.3 Å². The molecule has 1 amide bonds. The van der Waals surface area contributed by atoms with E-state index in [1.54, 1.807) is 0 Å². The van der Waals surface area contributed by atoms with Crippen molar-refractivity contribution in [3.63, 3.8) is 0 Å². The second kappa shape index (κ2) is 5.57. The van der Waals surface area contributed by atoms with E-state index < -0.39 is 12.1 Å². The van der Waals surface area contributed by atoms with Gasteiger partial charge < -0.3 is 4.90 Å². The van der Waals surface area contributed by atoms with Gasteiger partial charge >= 0.3 is 12.1 Å². The quantitative estimate of drug-likeness (QED) is 0.838. The molecule has 2 saturated heterocycles. The highest BCUT2D eigenvalue weighted by atomic mass is 19.4. The molecule has 2 fully saturated rings. The van der Waals surface area contributed by atoms with Gasteiger partial charge in [0.2, 0.25) is 0 Å². The average molecular weight is 312 g/mol. The van der Waals surface area contributed by atoms with Gasteiger partial charge in [0.05, 0.1) is 0 Å². The summed E-state index contributed by atoms with van der Waals surface area (Å²) >= 11 is 0. The molecule has 1 aromatic carbocycles. The number of carbonyl (C=O) groups excluding carboxylic acids is 1. The zero-order chi connectivity index (χ0) is 15.9. The van der Waals surface area contributed by atoms with Gasteiger partial charge in [0.25, 0.3) is 0 Å². The highest BCUT2D eigenvalue weighted by Crippen LogP contribution is 2.38. The zero-order valence-corrected chi connectivity index (χ0v) is 12.4. The monoisotopic (exact) mass is 312 g/mol. The minimum absolute atomic E-state index is 0.0292. The van der Waals surface area contributed by atoms with E-state index in [2.05, 4.69) is 11.8 Å². The lowest BCUT2D eigenvalue weighted by atomic mass is 10.0. The van der Waals surface area contributed by atoms with Crippen LogP contribution in [0.1, 0.15) is 24.9 Å². The first-order chi connectivity index (χ1) is 10.4. The first-order valence-corrected chi connectivity index (χ1v) is 7.54. The molecule has 2 heterocycles. The smallest absolute Gasteiger partial charge is 0.333 e. The molecule has 0 saturated carbocycles. The van der Waals surface area contributed by atoms with Crippen LogP contribution in [0.25, 0.3) is 0 Å². The van der Waals surface area contributed by atoms with Crippen LogP contribution < -0.4 is 0 Å². The third-order valence-corrected chi connectivity index (χ3v) is 4.90. The molecule has 6 heteroatoms. The molecule has 2 aliphatic heterocycles. The first-order valence-electron chi connectivity index (χ1n) is 7.54. The van der Waals surface area contributed by atoms with Gasteiger partial charge in [-0.2, -0.15) is 13.2 Å². The second-order valence-electron chi connectivity index (χ2n) is 6.15. The topological polar surface area (TPSA) is 23.6 Å². The molecule has 0 unspecified atom stereocenters. The Morgan fingerprint density at radius 2 is 1.91 bits per heavy atom. The lowest BCUT2D eigenvalue weighted by molar-refractivity contribution is -0.184. The van der Waals surface area contributed by atoms with E-state index in [1.165, 1.54) is 0 Å². The van der Waals surface area contributed by atoms with Crippen LogP contribution in [0, 0.1) is 5.92 Å². The Balaban J connectivity index is 1.72.